The van der Waals surface area contributed by atoms with E-state index in [1.54, 1.807) is 4.90 Å². The number of rotatable bonds is 3. The predicted molar refractivity (Wildman–Crippen MR) is 56.5 cm³/mol. The van der Waals surface area contributed by atoms with Gasteiger partial charge in [0.2, 0.25) is 0 Å². The number of hydrogen-bond acceptors (Lipinski definition) is 2. The molecule has 1 saturated heterocycles. The summed E-state index contributed by atoms with van der Waals surface area (Å²) < 4.78 is 0. The largest absolute Gasteiger partial charge is 0.323 e. The van der Waals surface area contributed by atoms with Crippen LogP contribution < -0.4 is 5.32 Å². The molecule has 0 aliphatic carbocycles. The monoisotopic (exact) mass is 197 g/mol. The van der Waals surface area contributed by atoms with E-state index in [-0.39, 0.29) is 6.03 Å². The van der Waals surface area contributed by atoms with Gasteiger partial charge in [-0.3, -0.25) is 10.7 Å². The van der Waals surface area contributed by atoms with Gasteiger partial charge in [-0.25, -0.2) is 4.79 Å². The lowest BCUT2D eigenvalue weighted by Crippen LogP contribution is -2.47. The zero-order valence-electron chi connectivity index (χ0n) is 9.35. The SMILES string of the molecule is CCN1C(=O)NC(=N)C1(C)CC(C)C. The molecule has 1 rings (SSSR count). The van der Waals surface area contributed by atoms with Gasteiger partial charge < -0.3 is 4.90 Å². The van der Waals surface area contributed by atoms with Gasteiger partial charge in [-0.05, 0) is 26.2 Å². The van der Waals surface area contributed by atoms with Crippen molar-refractivity contribution in [2.45, 2.75) is 39.7 Å². The van der Waals surface area contributed by atoms with Gasteiger partial charge in [0, 0.05) is 6.54 Å². The molecule has 2 N–H and O–H groups in total. The summed E-state index contributed by atoms with van der Waals surface area (Å²) in [5.74, 6) is 0.806. The van der Waals surface area contributed by atoms with E-state index in [1.165, 1.54) is 0 Å². The molecule has 0 saturated carbocycles. The number of nitrogens with one attached hydrogen (secondary N) is 2. The number of urea groups is 1. The quantitative estimate of drug-likeness (QED) is 0.712. The maximum atomic E-state index is 11.5. The fourth-order valence-electron chi connectivity index (χ4n) is 2.17. The normalized spacial score (nSPS) is 27.4. The van der Waals surface area contributed by atoms with Crippen molar-refractivity contribution >= 4 is 11.9 Å². The molecule has 0 spiro atoms. The molecule has 1 aliphatic heterocycles. The first-order valence-electron chi connectivity index (χ1n) is 5.09. The number of hydrogen-bond donors (Lipinski definition) is 2. The van der Waals surface area contributed by atoms with Crippen molar-refractivity contribution in [2.75, 3.05) is 6.54 Å². The maximum Gasteiger partial charge on any atom is 0.323 e. The minimum Gasteiger partial charge on any atom is -0.312 e. The molecule has 2 amide bonds. The highest BCUT2D eigenvalue weighted by atomic mass is 16.2. The minimum atomic E-state index is -0.431. The Morgan fingerprint density at radius 3 is 2.57 bits per heavy atom. The zero-order chi connectivity index (χ0) is 10.9. The van der Waals surface area contributed by atoms with Crippen LogP contribution in [-0.2, 0) is 0 Å². The van der Waals surface area contributed by atoms with Gasteiger partial charge in [0.05, 0.1) is 5.54 Å². The standard InChI is InChI=1S/C10H19N3O/c1-5-13-9(14)12-8(11)10(13,4)6-7(2)3/h7H,5-6H2,1-4H3,(H2,11,12,14). The molecule has 1 fully saturated rings. The Kier molecular flexibility index (Phi) is 2.83. The third-order valence-electron chi connectivity index (χ3n) is 2.73. The lowest BCUT2D eigenvalue weighted by Gasteiger charge is -2.33. The van der Waals surface area contributed by atoms with Gasteiger partial charge in [-0.15, -0.1) is 0 Å². The highest BCUT2D eigenvalue weighted by Gasteiger charge is 2.45. The van der Waals surface area contributed by atoms with Crippen molar-refractivity contribution in [1.82, 2.24) is 10.2 Å². The fourth-order valence-corrected chi connectivity index (χ4v) is 2.17. The van der Waals surface area contributed by atoms with E-state index >= 15 is 0 Å². The maximum absolute atomic E-state index is 11.5. The molecule has 0 aromatic carbocycles. The third kappa shape index (κ3) is 1.61. The zero-order valence-corrected chi connectivity index (χ0v) is 9.35. The lowest BCUT2D eigenvalue weighted by atomic mass is 9.89. The van der Waals surface area contributed by atoms with Gasteiger partial charge in [-0.1, -0.05) is 13.8 Å². The van der Waals surface area contributed by atoms with Crippen LogP contribution in [0.3, 0.4) is 0 Å². The van der Waals surface area contributed by atoms with Gasteiger partial charge in [0.25, 0.3) is 0 Å². The average Bonchev–Trinajstić information content (AvgIpc) is 2.21. The van der Waals surface area contributed by atoms with E-state index in [9.17, 15) is 4.79 Å². The van der Waals surface area contributed by atoms with E-state index in [1.807, 2.05) is 13.8 Å². The number of likely N-dealkylation sites (N-methyl/N-ethyl adjacent to an activating group) is 1. The second-order valence-electron chi connectivity index (χ2n) is 4.42. The molecule has 0 aromatic rings. The predicted octanol–water partition coefficient (Wildman–Crippen LogP) is 1.81. The lowest BCUT2D eigenvalue weighted by molar-refractivity contribution is 0.172. The van der Waals surface area contributed by atoms with Crippen LogP contribution in [0.25, 0.3) is 0 Å². The molecular formula is C10H19N3O. The first-order chi connectivity index (χ1) is 6.41. The van der Waals surface area contributed by atoms with Crippen LogP contribution in [0.2, 0.25) is 0 Å². The Balaban J connectivity index is 2.92. The van der Waals surface area contributed by atoms with E-state index in [2.05, 4.69) is 19.2 Å². The summed E-state index contributed by atoms with van der Waals surface area (Å²) in [5, 5.41) is 10.4. The molecule has 14 heavy (non-hydrogen) atoms. The van der Waals surface area contributed by atoms with E-state index in [0.29, 0.717) is 18.3 Å². The van der Waals surface area contributed by atoms with Gasteiger partial charge >= 0.3 is 6.03 Å². The summed E-state index contributed by atoms with van der Waals surface area (Å²) in [4.78, 5) is 13.2. The van der Waals surface area contributed by atoms with Gasteiger partial charge in [-0.2, -0.15) is 0 Å². The van der Waals surface area contributed by atoms with E-state index < -0.39 is 5.54 Å². The van der Waals surface area contributed by atoms with Crippen LogP contribution in [0.4, 0.5) is 4.79 Å². The van der Waals surface area contributed by atoms with Crippen LogP contribution in [0, 0.1) is 11.3 Å². The molecular weight excluding hydrogens is 178 g/mol. The summed E-state index contributed by atoms with van der Waals surface area (Å²) >= 11 is 0. The summed E-state index contributed by atoms with van der Waals surface area (Å²) in [6.45, 7) is 8.76. The summed E-state index contributed by atoms with van der Waals surface area (Å²) in [5.41, 5.74) is -0.431. The first-order valence-corrected chi connectivity index (χ1v) is 5.09. The van der Waals surface area contributed by atoms with Crippen molar-refractivity contribution in [3.05, 3.63) is 0 Å². The number of nitrogens with zero attached hydrogens (tertiary/aromatic N) is 1. The molecule has 4 nitrogen and oxygen atoms in total. The van der Waals surface area contributed by atoms with Crippen molar-refractivity contribution in [3.8, 4) is 0 Å². The van der Waals surface area contributed by atoms with Crippen LogP contribution in [-0.4, -0.2) is 28.9 Å². The smallest absolute Gasteiger partial charge is 0.312 e. The Bertz CT molecular complexity index is 262. The molecule has 4 heteroatoms. The second-order valence-corrected chi connectivity index (χ2v) is 4.42. The average molecular weight is 197 g/mol. The van der Waals surface area contributed by atoms with Crippen LogP contribution >= 0.6 is 0 Å². The molecule has 1 atom stereocenters. The third-order valence-corrected chi connectivity index (χ3v) is 2.73. The number of amides is 2. The molecule has 80 valence electrons. The molecule has 1 heterocycles. The molecule has 0 bridgehead atoms. The van der Waals surface area contributed by atoms with E-state index in [0.717, 1.165) is 6.42 Å². The summed E-state index contributed by atoms with van der Waals surface area (Å²) in [6, 6.07) is -0.138. The Labute approximate surface area is 85.2 Å². The van der Waals surface area contributed by atoms with Gasteiger partial charge in [0.15, 0.2) is 0 Å². The van der Waals surface area contributed by atoms with Crippen molar-refractivity contribution in [2.24, 2.45) is 5.92 Å². The Hall–Kier alpha value is -1.06. The molecule has 0 aromatic heterocycles. The second kappa shape index (κ2) is 3.59. The summed E-state index contributed by atoms with van der Waals surface area (Å²) in [7, 11) is 0. The number of carbonyl (C=O) groups is 1. The number of amidine groups is 1. The van der Waals surface area contributed by atoms with Crippen LogP contribution in [0.5, 0.6) is 0 Å². The van der Waals surface area contributed by atoms with Crippen molar-refractivity contribution in [1.29, 1.82) is 5.41 Å². The number of carbonyl (C=O) groups excluding carboxylic acids is 1. The molecule has 1 unspecified atom stereocenters. The summed E-state index contributed by atoms with van der Waals surface area (Å²) in [6.07, 6.45) is 0.832. The topological polar surface area (TPSA) is 56.2 Å². The van der Waals surface area contributed by atoms with Crippen molar-refractivity contribution < 1.29 is 4.79 Å². The van der Waals surface area contributed by atoms with Crippen LogP contribution in [0.15, 0.2) is 0 Å². The first kappa shape index (κ1) is 11.0. The fraction of sp³-hybridized carbons (Fsp3) is 0.800. The van der Waals surface area contributed by atoms with E-state index in [4.69, 9.17) is 5.41 Å². The van der Waals surface area contributed by atoms with Gasteiger partial charge in [0.1, 0.15) is 5.84 Å². The van der Waals surface area contributed by atoms with Crippen LogP contribution in [0.1, 0.15) is 34.1 Å². The van der Waals surface area contributed by atoms with Crippen molar-refractivity contribution in [3.63, 3.8) is 0 Å². The molecule has 0 radical (unpaired) electrons. The molecule has 1 aliphatic rings. The Morgan fingerprint density at radius 2 is 2.14 bits per heavy atom. The highest BCUT2D eigenvalue weighted by Crippen LogP contribution is 2.28. The Morgan fingerprint density at radius 1 is 1.57 bits per heavy atom. The highest BCUT2D eigenvalue weighted by molar-refractivity contribution is 6.08. The minimum absolute atomic E-state index is 0.138.